The van der Waals surface area contributed by atoms with Gasteiger partial charge in [-0.3, -0.25) is 14.5 Å². The molecule has 0 aromatic heterocycles. The highest BCUT2D eigenvalue weighted by Gasteiger charge is 2.47. The van der Waals surface area contributed by atoms with Crippen LogP contribution in [-0.4, -0.2) is 36.9 Å². The number of halogens is 3. The van der Waals surface area contributed by atoms with Crippen LogP contribution >= 0.6 is 0 Å². The van der Waals surface area contributed by atoms with Gasteiger partial charge in [-0.05, 0) is 72.6 Å². The van der Waals surface area contributed by atoms with Crippen LogP contribution in [0.3, 0.4) is 0 Å². The molecule has 1 unspecified atom stereocenters. The van der Waals surface area contributed by atoms with Gasteiger partial charge in [0.1, 0.15) is 23.0 Å². The van der Waals surface area contributed by atoms with E-state index in [0.717, 1.165) is 23.5 Å². The van der Waals surface area contributed by atoms with E-state index in [0.29, 0.717) is 29.2 Å². The third-order valence-corrected chi connectivity index (χ3v) is 5.83. The van der Waals surface area contributed by atoms with Crippen molar-refractivity contribution in [2.75, 3.05) is 18.6 Å². The Bertz CT molecular complexity index is 1330. The molecule has 7 nitrogen and oxygen atoms in total. The fourth-order valence-corrected chi connectivity index (χ4v) is 4.09. The molecule has 0 radical (unpaired) electrons. The molecule has 1 heterocycles. The molecular formula is C28H24F3NO6. The number of amides is 1. The van der Waals surface area contributed by atoms with Crippen molar-refractivity contribution in [3.05, 3.63) is 89.5 Å². The molecule has 198 valence electrons. The molecule has 1 atom stereocenters. The van der Waals surface area contributed by atoms with Gasteiger partial charge in [0.2, 0.25) is 0 Å². The lowest BCUT2D eigenvalue weighted by atomic mass is 9.95. The van der Waals surface area contributed by atoms with Crippen LogP contribution in [-0.2, 0) is 9.59 Å². The first-order valence-electron chi connectivity index (χ1n) is 11.7. The van der Waals surface area contributed by atoms with Crippen LogP contribution in [0.25, 0.3) is 5.76 Å². The zero-order valence-corrected chi connectivity index (χ0v) is 20.5. The number of aliphatic hydroxyl groups excluding tert-OH is 1. The van der Waals surface area contributed by atoms with Crippen LogP contribution in [0.1, 0.15) is 30.5 Å². The van der Waals surface area contributed by atoms with Crippen molar-refractivity contribution in [2.45, 2.75) is 25.7 Å². The zero-order chi connectivity index (χ0) is 27.4. The quantitative estimate of drug-likeness (QED) is 0.220. The van der Waals surface area contributed by atoms with E-state index in [1.807, 2.05) is 6.92 Å². The zero-order valence-electron chi connectivity index (χ0n) is 20.5. The fourth-order valence-electron chi connectivity index (χ4n) is 4.09. The number of carbonyl (C=O) groups is 2. The molecule has 1 fully saturated rings. The Morgan fingerprint density at radius 1 is 0.895 bits per heavy atom. The number of carbonyl (C=O) groups excluding carboxylic acids is 2. The maximum absolute atomic E-state index is 13.2. The summed E-state index contributed by atoms with van der Waals surface area (Å²) in [4.78, 5) is 27.6. The van der Waals surface area contributed by atoms with Gasteiger partial charge in [0.25, 0.3) is 11.7 Å². The molecule has 1 N–H and O–H groups in total. The topological polar surface area (TPSA) is 85.3 Å². The van der Waals surface area contributed by atoms with Crippen molar-refractivity contribution in [3.63, 3.8) is 0 Å². The van der Waals surface area contributed by atoms with Gasteiger partial charge in [0, 0.05) is 11.3 Å². The first-order chi connectivity index (χ1) is 18.1. The van der Waals surface area contributed by atoms with Crippen molar-refractivity contribution < 1.29 is 42.1 Å². The SMILES string of the molecule is CCCOc1ccc(/C(O)=C2\C(=O)C(=O)N(c3ccc(OC(F)(F)F)cc3)C2c2ccc(OC)cc2)cc1. The third-order valence-electron chi connectivity index (χ3n) is 5.83. The summed E-state index contributed by atoms with van der Waals surface area (Å²) >= 11 is 0. The normalized spacial score (nSPS) is 17.0. The van der Waals surface area contributed by atoms with E-state index in [-0.39, 0.29) is 11.3 Å². The summed E-state index contributed by atoms with van der Waals surface area (Å²) in [5.74, 6) is -1.65. The first kappa shape index (κ1) is 26.6. The second kappa shape index (κ2) is 10.9. The molecule has 3 aromatic rings. The number of ketones is 1. The van der Waals surface area contributed by atoms with E-state index >= 15 is 0 Å². The van der Waals surface area contributed by atoms with Crippen LogP contribution < -0.4 is 19.1 Å². The average Bonchev–Trinajstić information content (AvgIpc) is 3.17. The highest BCUT2D eigenvalue weighted by atomic mass is 19.4. The molecule has 1 aliphatic heterocycles. The number of methoxy groups -OCH3 is 1. The molecule has 38 heavy (non-hydrogen) atoms. The second-order valence-electron chi connectivity index (χ2n) is 8.36. The maximum Gasteiger partial charge on any atom is 0.573 e. The van der Waals surface area contributed by atoms with Crippen molar-refractivity contribution in [1.82, 2.24) is 0 Å². The lowest BCUT2D eigenvalue weighted by Gasteiger charge is -2.26. The number of aliphatic hydroxyl groups is 1. The van der Waals surface area contributed by atoms with Crippen molar-refractivity contribution in [3.8, 4) is 17.2 Å². The Hall–Kier alpha value is -4.47. The third kappa shape index (κ3) is 5.59. The maximum atomic E-state index is 13.2. The Morgan fingerprint density at radius 2 is 1.47 bits per heavy atom. The second-order valence-corrected chi connectivity index (χ2v) is 8.36. The van der Waals surface area contributed by atoms with E-state index < -0.39 is 35.6 Å². The number of alkyl halides is 3. The summed E-state index contributed by atoms with van der Waals surface area (Å²) in [7, 11) is 1.49. The molecule has 1 saturated heterocycles. The molecule has 0 saturated carbocycles. The van der Waals surface area contributed by atoms with Gasteiger partial charge in [-0.2, -0.15) is 0 Å². The predicted molar refractivity (Wildman–Crippen MR) is 133 cm³/mol. The average molecular weight is 527 g/mol. The Labute approximate surface area is 216 Å². The van der Waals surface area contributed by atoms with E-state index in [9.17, 15) is 27.9 Å². The van der Waals surface area contributed by atoms with Crippen LogP contribution in [0.5, 0.6) is 17.2 Å². The molecule has 0 spiro atoms. The Morgan fingerprint density at radius 3 is 2.03 bits per heavy atom. The van der Waals surface area contributed by atoms with Gasteiger partial charge >= 0.3 is 6.36 Å². The molecule has 10 heteroatoms. The van der Waals surface area contributed by atoms with E-state index in [4.69, 9.17) is 9.47 Å². The number of ether oxygens (including phenoxy) is 3. The number of rotatable bonds is 8. The van der Waals surface area contributed by atoms with E-state index in [1.54, 1.807) is 48.5 Å². The molecule has 4 rings (SSSR count). The minimum Gasteiger partial charge on any atom is -0.507 e. The summed E-state index contributed by atoms with van der Waals surface area (Å²) in [6.07, 6.45) is -4.07. The molecule has 3 aromatic carbocycles. The minimum atomic E-state index is -4.88. The van der Waals surface area contributed by atoms with Gasteiger partial charge < -0.3 is 19.3 Å². The smallest absolute Gasteiger partial charge is 0.507 e. The number of nitrogens with zero attached hydrogens (tertiary/aromatic N) is 1. The minimum absolute atomic E-state index is 0.143. The Kier molecular flexibility index (Phi) is 7.61. The summed E-state index contributed by atoms with van der Waals surface area (Å²) in [5, 5.41) is 11.2. The van der Waals surface area contributed by atoms with Crippen LogP contribution in [0, 0.1) is 0 Å². The van der Waals surface area contributed by atoms with Crippen molar-refractivity contribution in [1.29, 1.82) is 0 Å². The fraction of sp³-hybridized carbons (Fsp3) is 0.214. The summed E-state index contributed by atoms with van der Waals surface area (Å²) in [6, 6.07) is 16.5. The summed E-state index contributed by atoms with van der Waals surface area (Å²) in [6.45, 7) is 2.48. The van der Waals surface area contributed by atoms with Crippen molar-refractivity contribution >= 4 is 23.1 Å². The van der Waals surface area contributed by atoms with Crippen molar-refractivity contribution in [2.24, 2.45) is 0 Å². The largest absolute Gasteiger partial charge is 0.573 e. The highest BCUT2D eigenvalue weighted by molar-refractivity contribution is 6.51. The molecular weight excluding hydrogens is 503 g/mol. The number of Topliss-reactive ketones (excluding diaryl/α,β-unsaturated/α-hetero) is 1. The standard InChI is InChI=1S/C28H24F3NO6/c1-3-16-37-21-12-6-18(7-13-21)25(33)23-24(17-4-10-20(36-2)11-5-17)32(27(35)26(23)34)19-8-14-22(15-9-19)38-28(29,30)31/h4-15,24,33H,3,16H2,1-2H3/b25-23+. The van der Waals surface area contributed by atoms with E-state index in [2.05, 4.69) is 4.74 Å². The molecule has 0 bridgehead atoms. The molecule has 1 aliphatic rings. The van der Waals surface area contributed by atoms with Gasteiger partial charge in [0.05, 0.1) is 25.3 Å². The predicted octanol–water partition coefficient (Wildman–Crippen LogP) is 6.01. The van der Waals surface area contributed by atoms with Gasteiger partial charge in [-0.15, -0.1) is 13.2 Å². The molecule has 1 amide bonds. The van der Waals surface area contributed by atoms with Gasteiger partial charge in [0.15, 0.2) is 0 Å². The number of hydrogen-bond donors (Lipinski definition) is 1. The first-order valence-corrected chi connectivity index (χ1v) is 11.7. The van der Waals surface area contributed by atoms with Crippen LogP contribution in [0.15, 0.2) is 78.4 Å². The van der Waals surface area contributed by atoms with Gasteiger partial charge in [-0.25, -0.2) is 0 Å². The highest BCUT2D eigenvalue weighted by Crippen LogP contribution is 2.43. The number of hydrogen-bond acceptors (Lipinski definition) is 6. The lowest BCUT2D eigenvalue weighted by molar-refractivity contribution is -0.274. The summed E-state index contributed by atoms with van der Waals surface area (Å²) < 4.78 is 52.5. The number of anilines is 1. The monoisotopic (exact) mass is 527 g/mol. The number of benzene rings is 3. The lowest BCUT2D eigenvalue weighted by Crippen LogP contribution is -2.29. The summed E-state index contributed by atoms with van der Waals surface area (Å²) in [5.41, 5.74) is 0.743. The van der Waals surface area contributed by atoms with Gasteiger partial charge in [-0.1, -0.05) is 19.1 Å². The molecule has 0 aliphatic carbocycles. The Balaban J connectivity index is 1.79. The van der Waals surface area contributed by atoms with E-state index in [1.165, 1.54) is 19.2 Å². The van der Waals surface area contributed by atoms with Crippen LogP contribution in [0.2, 0.25) is 0 Å². The van der Waals surface area contributed by atoms with Crippen LogP contribution in [0.4, 0.5) is 18.9 Å².